The van der Waals surface area contributed by atoms with E-state index in [1.807, 2.05) is 30.3 Å². The first-order valence-electron chi connectivity index (χ1n) is 8.07. The molecule has 26 heavy (non-hydrogen) atoms. The van der Waals surface area contributed by atoms with E-state index in [-0.39, 0.29) is 11.7 Å². The summed E-state index contributed by atoms with van der Waals surface area (Å²) in [5, 5.41) is 3.90. The van der Waals surface area contributed by atoms with Gasteiger partial charge in [0.05, 0.1) is 11.8 Å². The Kier molecular flexibility index (Phi) is 5.72. The van der Waals surface area contributed by atoms with Crippen LogP contribution in [-0.2, 0) is 6.61 Å². The fourth-order valence-electron chi connectivity index (χ4n) is 2.29. The molecule has 1 N–H and O–H groups in total. The number of rotatable bonds is 6. The smallest absolute Gasteiger partial charge is 0.275 e. The summed E-state index contributed by atoms with van der Waals surface area (Å²) in [6.45, 7) is 0.365. The van der Waals surface area contributed by atoms with E-state index in [2.05, 4.69) is 10.5 Å². The van der Waals surface area contributed by atoms with Crippen molar-refractivity contribution >= 4 is 12.1 Å². The molecule has 0 saturated heterocycles. The van der Waals surface area contributed by atoms with E-state index in [1.54, 1.807) is 36.4 Å². The van der Waals surface area contributed by atoms with E-state index in [4.69, 9.17) is 4.74 Å². The van der Waals surface area contributed by atoms with Gasteiger partial charge < -0.3 is 4.74 Å². The summed E-state index contributed by atoms with van der Waals surface area (Å²) in [6.07, 6.45) is 1.45. The lowest BCUT2D eigenvalue weighted by atomic mass is 10.2. The van der Waals surface area contributed by atoms with Crippen molar-refractivity contribution in [3.05, 3.63) is 101 Å². The molecule has 0 aliphatic carbocycles. The average molecular weight is 348 g/mol. The number of hydrazone groups is 1. The van der Waals surface area contributed by atoms with Gasteiger partial charge in [0, 0.05) is 0 Å². The number of carbonyl (C=O) groups is 1. The summed E-state index contributed by atoms with van der Waals surface area (Å²) in [4.78, 5) is 12.4. The monoisotopic (exact) mass is 348 g/mol. The highest BCUT2D eigenvalue weighted by Crippen LogP contribution is 2.19. The maximum atomic E-state index is 12.9. The lowest BCUT2D eigenvalue weighted by Crippen LogP contribution is -2.18. The van der Waals surface area contributed by atoms with Crippen LogP contribution in [0.3, 0.4) is 0 Å². The molecule has 0 fully saturated rings. The molecule has 3 aromatic carbocycles. The van der Waals surface area contributed by atoms with Crippen LogP contribution in [0.5, 0.6) is 5.75 Å². The molecule has 3 aromatic rings. The van der Waals surface area contributed by atoms with Crippen molar-refractivity contribution in [1.29, 1.82) is 0 Å². The topological polar surface area (TPSA) is 50.7 Å². The van der Waals surface area contributed by atoms with Gasteiger partial charge in [-0.05, 0) is 35.4 Å². The van der Waals surface area contributed by atoms with E-state index in [0.29, 0.717) is 23.5 Å². The second-order valence-electron chi connectivity index (χ2n) is 5.52. The quantitative estimate of drug-likeness (QED) is 0.537. The summed E-state index contributed by atoms with van der Waals surface area (Å²) < 4.78 is 18.6. The Balaban J connectivity index is 1.64. The first-order chi connectivity index (χ1) is 12.7. The minimum Gasteiger partial charge on any atom is -0.488 e. The summed E-state index contributed by atoms with van der Waals surface area (Å²) in [6, 6.07) is 22.5. The Labute approximate surface area is 150 Å². The molecule has 0 aliphatic heterocycles. The number of benzene rings is 3. The normalized spacial score (nSPS) is 10.7. The maximum Gasteiger partial charge on any atom is 0.275 e. The third-order valence-electron chi connectivity index (χ3n) is 3.62. The highest BCUT2D eigenvalue weighted by atomic mass is 19.1. The van der Waals surface area contributed by atoms with Crippen LogP contribution in [-0.4, -0.2) is 12.1 Å². The SMILES string of the molecule is O=C(N/N=C/c1ccc(F)cc1)c1ccccc1OCc1ccccc1. The zero-order valence-electron chi connectivity index (χ0n) is 13.9. The summed E-state index contributed by atoms with van der Waals surface area (Å²) >= 11 is 0. The molecule has 0 spiro atoms. The van der Waals surface area contributed by atoms with Crippen molar-refractivity contribution in [1.82, 2.24) is 5.43 Å². The van der Waals surface area contributed by atoms with Crippen LogP contribution in [0.15, 0.2) is 84.0 Å². The molecule has 3 rings (SSSR count). The predicted octanol–water partition coefficient (Wildman–Crippen LogP) is 4.17. The molecule has 0 saturated carbocycles. The number of hydrogen-bond acceptors (Lipinski definition) is 3. The number of nitrogens with one attached hydrogen (secondary N) is 1. The van der Waals surface area contributed by atoms with E-state index < -0.39 is 0 Å². The van der Waals surface area contributed by atoms with Gasteiger partial charge in [-0.25, -0.2) is 9.82 Å². The maximum absolute atomic E-state index is 12.9. The van der Waals surface area contributed by atoms with Crippen molar-refractivity contribution in [2.45, 2.75) is 6.61 Å². The zero-order valence-corrected chi connectivity index (χ0v) is 13.9. The van der Waals surface area contributed by atoms with Crippen LogP contribution < -0.4 is 10.2 Å². The van der Waals surface area contributed by atoms with E-state index in [1.165, 1.54) is 18.3 Å². The summed E-state index contributed by atoms with van der Waals surface area (Å²) in [5.74, 6) is -0.228. The minimum absolute atomic E-state index is 0.323. The lowest BCUT2D eigenvalue weighted by molar-refractivity contribution is 0.0950. The third-order valence-corrected chi connectivity index (χ3v) is 3.62. The molecule has 0 aliphatic rings. The fourth-order valence-corrected chi connectivity index (χ4v) is 2.29. The van der Waals surface area contributed by atoms with E-state index >= 15 is 0 Å². The van der Waals surface area contributed by atoms with E-state index in [0.717, 1.165) is 5.56 Å². The van der Waals surface area contributed by atoms with Gasteiger partial charge in [-0.15, -0.1) is 0 Å². The van der Waals surface area contributed by atoms with Gasteiger partial charge in [-0.2, -0.15) is 5.10 Å². The van der Waals surface area contributed by atoms with Gasteiger partial charge in [-0.3, -0.25) is 4.79 Å². The third kappa shape index (κ3) is 4.77. The van der Waals surface area contributed by atoms with Crippen LogP contribution in [0.4, 0.5) is 4.39 Å². The lowest BCUT2D eigenvalue weighted by Gasteiger charge is -2.10. The molecule has 0 radical (unpaired) electrons. The number of ether oxygens (including phenoxy) is 1. The molecule has 0 atom stereocenters. The Bertz CT molecular complexity index is 893. The highest BCUT2D eigenvalue weighted by molar-refractivity contribution is 5.97. The number of para-hydroxylation sites is 1. The number of carbonyl (C=O) groups excluding carboxylic acids is 1. The van der Waals surface area contributed by atoms with Crippen LogP contribution in [0.2, 0.25) is 0 Å². The second-order valence-corrected chi connectivity index (χ2v) is 5.52. The standard InChI is InChI=1S/C21H17FN2O2/c22-18-12-10-16(11-13-18)14-23-24-21(25)19-8-4-5-9-20(19)26-15-17-6-2-1-3-7-17/h1-14H,15H2,(H,24,25)/b23-14+. The van der Waals surface area contributed by atoms with Crippen molar-refractivity contribution in [3.8, 4) is 5.75 Å². The van der Waals surface area contributed by atoms with Gasteiger partial charge in [-0.1, -0.05) is 54.6 Å². The molecule has 5 heteroatoms. The molecule has 0 aromatic heterocycles. The van der Waals surface area contributed by atoms with Crippen molar-refractivity contribution in [3.63, 3.8) is 0 Å². The van der Waals surface area contributed by atoms with Crippen molar-refractivity contribution < 1.29 is 13.9 Å². The minimum atomic E-state index is -0.382. The van der Waals surface area contributed by atoms with Crippen LogP contribution >= 0.6 is 0 Å². The fraction of sp³-hybridized carbons (Fsp3) is 0.0476. The number of halogens is 1. The molecule has 0 unspecified atom stereocenters. The van der Waals surface area contributed by atoms with Gasteiger partial charge >= 0.3 is 0 Å². The van der Waals surface area contributed by atoms with Gasteiger partial charge in [0.1, 0.15) is 18.2 Å². The van der Waals surface area contributed by atoms with E-state index in [9.17, 15) is 9.18 Å². The second kappa shape index (κ2) is 8.58. The molecule has 1 amide bonds. The number of nitrogens with zero attached hydrogens (tertiary/aromatic N) is 1. The molecular formula is C21H17FN2O2. The Morgan fingerprint density at radius 2 is 1.65 bits per heavy atom. The Hall–Kier alpha value is -3.47. The first-order valence-corrected chi connectivity index (χ1v) is 8.07. The number of amides is 1. The first kappa shape index (κ1) is 17.4. The van der Waals surface area contributed by atoms with Crippen LogP contribution in [0.1, 0.15) is 21.5 Å². The zero-order chi connectivity index (χ0) is 18.2. The van der Waals surface area contributed by atoms with Gasteiger partial charge in [0.2, 0.25) is 0 Å². The largest absolute Gasteiger partial charge is 0.488 e. The van der Waals surface area contributed by atoms with Crippen molar-refractivity contribution in [2.24, 2.45) is 5.10 Å². The highest BCUT2D eigenvalue weighted by Gasteiger charge is 2.11. The number of hydrogen-bond donors (Lipinski definition) is 1. The van der Waals surface area contributed by atoms with Gasteiger partial charge in [0.15, 0.2) is 0 Å². The predicted molar refractivity (Wildman–Crippen MR) is 98.7 cm³/mol. The van der Waals surface area contributed by atoms with Gasteiger partial charge in [0.25, 0.3) is 5.91 Å². The molecule has 0 heterocycles. The van der Waals surface area contributed by atoms with Crippen LogP contribution in [0.25, 0.3) is 0 Å². The molecule has 4 nitrogen and oxygen atoms in total. The van der Waals surface area contributed by atoms with Crippen molar-refractivity contribution in [2.75, 3.05) is 0 Å². The molecular weight excluding hydrogens is 331 g/mol. The average Bonchev–Trinajstić information content (AvgIpc) is 2.69. The summed E-state index contributed by atoms with van der Waals surface area (Å²) in [5.41, 5.74) is 4.54. The van der Waals surface area contributed by atoms with Crippen LogP contribution in [0, 0.1) is 5.82 Å². The Morgan fingerprint density at radius 3 is 2.42 bits per heavy atom. The Morgan fingerprint density at radius 1 is 0.962 bits per heavy atom. The summed E-state index contributed by atoms with van der Waals surface area (Å²) in [7, 11) is 0. The molecule has 130 valence electrons. The molecule has 0 bridgehead atoms.